The van der Waals surface area contributed by atoms with Crippen molar-refractivity contribution in [2.24, 2.45) is 0 Å². The summed E-state index contributed by atoms with van der Waals surface area (Å²) in [5.74, 6) is -0.181. The number of hydrogen-bond donors (Lipinski definition) is 3. The molecule has 0 fully saturated rings. The van der Waals surface area contributed by atoms with E-state index in [0.29, 0.717) is 16.3 Å². The van der Waals surface area contributed by atoms with Crippen LogP contribution in [0.3, 0.4) is 0 Å². The molecule has 0 aliphatic heterocycles. The molecule has 2 aromatic carbocycles. The van der Waals surface area contributed by atoms with Crippen LogP contribution in [0.1, 0.15) is 17.3 Å². The summed E-state index contributed by atoms with van der Waals surface area (Å²) in [6, 6.07) is 14.4. The minimum absolute atomic E-state index is 0.00509. The number of H-pyrrole nitrogens is 1. The van der Waals surface area contributed by atoms with Crippen molar-refractivity contribution < 1.29 is 14.5 Å². The fourth-order valence-corrected chi connectivity index (χ4v) is 3.08. The number of amides is 1. The first-order valence-electron chi connectivity index (χ1n) is 8.44. The summed E-state index contributed by atoms with van der Waals surface area (Å²) >= 11 is 6.06. The van der Waals surface area contributed by atoms with Gasteiger partial charge in [0.15, 0.2) is 6.54 Å². The number of aromatic amines is 1. The number of quaternary nitrogens is 1. The van der Waals surface area contributed by atoms with Gasteiger partial charge in [0.2, 0.25) is 5.78 Å². The van der Waals surface area contributed by atoms with E-state index < -0.39 is 0 Å². The molecule has 3 N–H and O–H groups in total. The second kappa shape index (κ2) is 7.72. The molecule has 0 spiro atoms. The second-order valence-electron chi connectivity index (χ2n) is 6.39. The van der Waals surface area contributed by atoms with Gasteiger partial charge in [-0.05, 0) is 25.1 Å². The van der Waals surface area contributed by atoms with Crippen molar-refractivity contribution in [2.45, 2.75) is 13.0 Å². The number of ketones is 1. The summed E-state index contributed by atoms with van der Waals surface area (Å²) in [6.07, 6.45) is 1.74. The Balaban J connectivity index is 1.67. The highest BCUT2D eigenvalue weighted by molar-refractivity contribution is 6.33. The van der Waals surface area contributed by atoms with Gasteiger partial charge in [-0.3, -0.25) is 9.59 Å². The number of carbonyl (C=O) groups excluding carboxylic acids is 2. The van der Waals surface area contributed by atoms with Crippen LogP contribution in [0.5, 0.6) is 0 Å². The first-order chi connectivity index (χ1) is 12.5. The van der Waals surface area contributed by atoms with Gasteiger partial charge in [0.1, 0.15) is 6.04 Å². The van der Waals surface area contributed by atoms with Gasteiger partial charge >= 0.3 is 0 Å². The van der Waals surface area contributed by atoms with Gasteiger partial charge in [-0.1, -0.05) is 41.9 Å². The molecule has 1 unspecified atom stereocenters. The van der Waals surface area contributed by atoms with Gasteiger partial charge < -0.3 is 15.2 Å². The van der Waals surface area contributed by atoms with Crippen molar-refractivity contribution in [3.63, 3.8) is 0 Å². The lowest BCUT2D eigenvalue weighted by Gasteiger charge is -2.20. The van der Waals surface area contributed by atoms with Crippen LogP contribution in [0.15, 0.2) is 54.7 Å². The monoisotopic (exact) mass is 370 g/mol. The van der Waals surface area contributed by atoms with Crippen molar-refractivity contribution in [1.82, 2.24) is 4.98 Å². The van der Waals surface area contributed by atoms with Crippen LogP contribution >= 0.6 is 11.6 Å². The van der Waals surface area contributed by atoms with Crippen LogP contribution in [-0.2, 0) is 4.79 Å². The predicted octanol–water partition coefficient (Wildman–Crippen LogP) is 2.55. The minimum atomic E-state index is -0.355. The Kier molecular flexibility index (Phi) is 5.40. The van der Waals surface area contributed by atoms with Crippen LogP contribution in [0.2, 0.25) is 5.02 Å². The molecule has 134 valence electrons. The Labute approximate surface area is 157 Å². The topological polar surface area (TPSA) is 66.4 Å². The predicted molar refractivity (Wildman–Crippen MR) is 104 cm³/mol. The normalized spacial score (nSPS) is 13.3. The third kappa shape index (κ3) is 3.79. The minimum Gasteiger partial charge on any atom is -0.360 e. The number of carbonyl (C=O) groups is 2. The van der Waals surface area contributed by atoms with E-state index in [-0.39, 0.29) is 24.3 Å². The Morgan fingerprint density at radius 2 is 1.85 bits per heavy atom. The van der Waals surface area contributed by atoms with E-state index in [9.17, 15) is 9.59 Å². The number of benzene rings is 2. The zero-order valence-electron chi connectivity index (χ0n) is 14.7. The third-order valence-electron chi connectivity index (χ3n) is 4.57. The van der Waals surface area contributed by atoms with E-state index in [0.717, 1.165) is 15.8 Å². The number of rotatable bonds is 6. The maximum absolute atomic E-state index is 12.9. The van der Waals surface area contributed by atoms with Gasteiger partial charge in [-0.15, -0.1) is 0 Å². The lowest BCUT2D eigenvalue weighted by molar-refractivity contribution is -0.885. The first-order valence-corrected chi connectivity index (χ1v) is 8.82. The highest BCUT2D eigenvalue weighted by Crippen LogP contribution is 2.20. The largest absolute Gasteiger partial charge is 0.360 e. The molecular weight excluding hydrogens is 350 g/mol. The Morgan fingerprint density at radius 3 is 2.62 bits per heavy atom. The number of anilines is 1. The van der Waals surface area contributed by atoms with E-state index in [4.69, 9.17) is 11.6 Å². The van der Waals surface area contributed by atoms with E-state index in [1.807, 2.05) is 38.2 Å². The number of aromatic nitrogens is 1. The Morgan fingerprint density at radius 1 is 1.15 bits per heavy atom. The smallest absolute Gasteiger partial charge is 0.279 e. The SMILES string of the molecule is C[C@H](C(=O)c1c[nH]c2ccccc12)[NH+](C)CC(=O)Nc1ccccc1Cl. The summed E-state index contributed by atoms with van der Waals surface area (Å²) in [5, 5.41) is 4.18. The molecule has 0 aliphatic rings. The number of Topliss-reactive ketones (excluding diaryl/α,β-unsaturated/α-hetero) is 1. The highest BCUT2D eigenvalue weighted by atomic mass is 35.5. The third-order valence-corrected chi connectivity index (χ3v) is 4.90. The molecule has 1 amide bonds. The molecule has 3 aromatic rings. The molecule has 26 heavy (non-hydrogen) atoms. The fourth-order valence-electron chi connectivity index (χ4n) is 2.90. The van der Waals surface area contributed by atoms with Crippen LogP contribution in [0.4, 0.5) is 5.69 Å². The molecule has 1 aromatic heterocycles. The van der Waals surface area contributed by atoms with Crippen molar-refractivity contribution in [2.75, 3.05) is 18.9 Å². The van der Waals surface area contributed by atoms with Gasteiger partial charge in [-0.25, -0.2) is 0 Å². The van der Waals surface area contributed by atoms with E-state index in [2.05, 4.69) is 10.3 Å². The van der Waals surface area contributed by atoms with Crippen LogP contribution < -0.4 is 10.2 Å². The maximum atomic E-state index is 12.9. The highest BCUT2D eigenvalue weighted by Gasteiger charge is 2.27. The van der Waals surface area contributed by atoms with E-state index in [1.165, 1.54) is 0 Å². The maximum Gasteiger partial charge on any atom is 0.279 e. The molecule has 1 heterocycles. The van der Waals surface area contributed by atoms with Gasteiger partial charge in [0.25, 0.3) is 5.91 Å². The molecule has 2 atom stereocenters. The standard InChI is InChI=1S/C20H20ClN3O2/c1-13(20(26)15-11-22-17-9-5-3-7-14(15)17)24(2)12-19(25)23-18-10-6-4-8-16(18)21/h3-11,13,22H,12H2,1-2H3,(H,23,25)/p+1/t13-/m1/s1. The average molecular weight is 371 g/mol. The second-order valence-corrected chi connectivity index (χ2v) is 6.79. The molecule has 0 saturated carbocycles. The van der Waals surface area contributed by atoms with Crippen molar-refractivity contribution in [3.05, 3.63) is 65.3 Å². The van der Waals surface area contributed by atoms with Crippen molar-refractivity contribution in [1.29, 1.82) is 0 Å². The zero-order chi connectivity index (χ0) is 18.7. The molecule has 0 saturated heterocycles. The van der Waals surface area contributed by atoms with E-state index in [1.54, 1.807) is 30.5 Å². The van der Waals surface area contributed by atoms with Crippen molar-refractivity contribution >= 4 is 39.9 Å². The van der Waals surface area contributed by atoms with Crippen LogP contribution in [0, 0.1) is 0 Å². The summed E-state index contributed by atoms with van der Waals surface area (Å²) in [5.41, 5.74) is 2.15. The number of nitrogens with one attached hydrogen (secondary N) is 3. The summed E-state index contributed by atoms with van der Waals surface area (Å²) in [7, 11) is 1.84. The molecular formula is C20H21ClN3O2+. The summed E-state index contributed by atoms with van der Waals surface area (Å²) in [4.78, 5) is 29.1. The number of likely N-dealkylation sites (N-methyl/N-ethyl adjacent to an activating group) is 1. The summed E-state index contributed by atoms with van der Waals surface area (Å²) < 4.78 is 0. The number of para-hydroxylation sites is 2. The van der Waals surface area contributed by atoms with Gasteiger partial charge in [0.05, 0.1) is 17.8 Å². The van der Waals surface area contributed by atoms with Gasteiger partial charge in [0, 0.05) is 22.7 Å². The number of fused-ring (bicyclic) bond motifs is 1. The van der Waals surface area contributed by atoms with Crippen LogP contribution in [-0.4, -0.2) is 36.3 Å². The lowest BCUT2D eigenvalue weighted by atomic mass is 10.0. The summed E-state index contributed by atoms with van der Waals surface area (Å²) in [6.45, 7) is 2.00. The van der Waals surface area contributed by atoms with Crippen molar-refractivity contribution in [3.8, 4) is 0 Å². The van der Waals surface area contributed by atoms with Crippen LogP contribution in [0.25, 0.3) is 10.9 Å². The molecule has 3 rings (SSSR count). The molecule has 5 nitrogen and oxygen atoms in total. The molecule has 0 radical (unpaired) electrons. The van der Waals surface area contributed by atoms with E-state index >= 15 is 0 Å². The fraction of sp³-hybridized carbons (Fsp3) is 0.200. The molecule has 0 bridgehead atoms. The first kappa shape index (κ1) is 18.2. The lowest BCUT2D eigenvalue weighted by Crippen LogP contribution is -3.14. The number of halogens is 1. The number of hydrogen-bond acceptors (Lipinski definition) is 2. The Bertz CT molecular complexity index is 951. The average Bonchev–Trinajstić information content (AvgIpc) is 3.06. The quantitative estimate of drug-likeness (QED) is 0.584. The molecule has 0 aliphatic carbocycles. The molecule has 6 heteroatoms. The zero-order valence-corrected chi connectivity index (χ0v) is 15.4. The Hall–Kier alpha value is -2.63. The van der Waals surface area contributed by atoms with Gasteiger partial charge in [-0.2, -0.15) is 0 Å².